The van der Waals surface area contributed by atoms with Gasteiger partial charge in [0.15, 0.2) is 0 Å². The molecule has 2 rings (SSSR count). The van der Waals surface area contributed by atoms with E-state index in [1.807, 2.05) is 42.5 Å². The van der Waals surface area contributed by atoms with E-state index in [0.29, 0.717) is 12.4 Å². The first kappa shape index (κ1) is 13.4. The van der Waals surface area contributed by atoms with Gasteiger partial charge in [0.05, 0.1) is 0 Å². The van der Waals surface area contributed by atoms with Gasteiger partial charge in [-0.15, -0.1) is 0 Å². The molecule has 0 saturated heterocycles. The number of para-hydroxylation sites is 1. The second-order valence-corrected chi connectivity index (χ2v) is 4.33. The Morgan fingerprint density at radius 3 is 2.37 bits per heavy atom. The zero-order valence-corrected chi connectivity index (χ0v) is 10.9. The van der Waals surface area contributed by atoms with E-state index < -0.39 is 0 Å². The predicted molar refractivity (Wildman–Crippen MR) is 76.6 cm³/mol. The van der Waals surface area contributed by atoms with Crippen LogP contribution in [0.25, 0.3) is 0 Å². The molecule has 19 heavy (non-hydrogen) atoms. The van der Waals surface area contributed by atoms with Gasteiger partial charge in [-0.25, -0.2) is 0 Å². The molecule has 0 saturated carbocycles. The Labute approximate surface area is 113 Å². The van der Waals surface area contributed by atoms with Crippen molar-refractivity contribution in [2.75, 3.05) is 19.7 Å². The average Bonchev–Trinajstić information content (AvgIpc) is 2.46. The van der Waals surface area contributed by atoms with Gasteiger partial charge in [0, 0.05) is 6.54 Å². The predicted octanol–water partition coefficient (Wildman–Crippen LogP) is 2.60. The summed E-state index contributed by atoms with van der Waals surface area (Å²) in [4.78, 5) is 0. The molecule has 2 aromatic rings. The number of nitrogens with one attached hydrogen (secondary N) is 1. The minimum atomic E-state index is 0.313. The normalized spacial score (nSPS) is 10.3. The Kier molecular flexibility index (Phi) is 5.26. The minimum Gasteiger partial charge on any atom is -0.508 e. The van der Waals surface area contributed by atoms with Crippen molar-refractivity contribution in [2.24, 2.45) is 0 Å². The number of phenolic OH excluding ortho intramolecular Hbond substituents is 1. The first-order chi connectivity index (χ1) is 9.34. The molecule has 0 radical (unpaired) electrons. The van der Waals surface area contributed by atoms with E-state index in [0.717, 1.165) is 25.3 Å². The number of hydrogen-bond donors (Lipinski definition) is 2. The summed E-state index contributed by atoms with van der Waals surface area (Å²) < 4.78 is 5.58. The van der Waals surface area contributed by atoms with E-state index in [-0.39, 0.29) is 0 Å². The van der Waals surface area contributed by atoms with Crippen molar-refractivity contribution in [3.63, 3.8) is 0 Å². The van der Waals surface area contributed by atoms with Gasteiger partial charge in [-0.05, 0) is 42.8 Å². The third-order valence-corrected chi connectivity index (χ3v) is 2.82. The Morgan fingerprint density at radius 1 is 0.895 bits per heavy atom. The third-order valence-electron chi connectivity index (χ3n) is 2.82. The molecule has 0 amide bonds. The van der Waals surface area contributed by atoms with Gasteiger partial charge < -0.3 is 15.2 Å². The van der Waals surface area contributed by atoms with Crippen molar-refractivity contribution in [3.05, 3.63) is 60.2 Å². The molecule has 100 valence electrons. The molecule has 3 nitrogen and oxygen atoms in total. The van der Waals surface area contributed by atoms with Crippen LogP contribution in [0.1, 0.15) is 5.56 Å². The first-order valence-corrected chi connectivity index (χ1v) is 6.51. The Hall–Kier alpha value is -2.00. The summed E-state index contributed by atoms with van der Waals surface area (Å²) in [6, 6.07) is 17.1. The monoisotopic (exact) mass is 257 g/mol. The van der Waals surface area contributed by atoms with Gasteiger partial charge in [0.2, 0.25) is 0 Å². The van der Waals surface area contributed by atoms with Crippen LogP contribution in [-0.2, 0) is 6.42 Å². The van der Waals surface area contributed by atoms with Crippen molar-refractivity contribution in [3.8, 4) is 11.5 Å². The fraction of sp³-hybridized carbons (Fsp3) is 0.250. The lowest BCUT2D eigenvalue weighted by Gasteiger charge is -2.07. The number of ether oxygens (including phenoxy) is 1. The Morgan fingerprint density at radius 2 is 1.63 bits per heavy atom. The summed E-state index contributed by atoms with van der Waals surface area (Å²) in [6.07, 6.45) is 0.950. The molecule has 2 aromatic carbocycles. The number of benzene rings is 2. The van der Waals surface area contributed by atoms with Gasteiger partial charge in [-0.2, -0.15) is 0 Å². The topological polar surface area (TPSA) is 41.5 Å². The summed E-state index contributed by atoms with van der Waals surface area (Å²) in [5.74, 6) is 1.22. The molecule has 0 aliphatic heterocycles. The van der Waals surface area contributed by atoms with Crippen molar-refractivity contribution in [1.29, 1.82) is 0 Å². The van der Waals surface area contributed by atoms with Crippen LogP contribution < -0.4 is 10.1 Å². The molecule has 0 aliphatic rings. The molecule has 0 spiro atoms. The van der Waals surface area contributed by atoms with Crippen molar-refractivity contribution in [2.45, 2.75) is 6.42 Å². The van der Waals surface area contributed by atoms with E-state index in [1.165, 1.54) is 5.56 Å². The quantitative estimate of drug-likeness (QED) is 0.749. The van der Waals surface area contributed by atoms with Gasteiger partial charge >= 0.3 is 0 Å². The van der Waals surface area contributed by atoms with Crippen LogP contribution in [-0.4, -0.2) is 24.8 Å². The second kappa shape index (κ2) is 7.44. The highest BCUT2D eigenvalue weighted by atomic mass is 16.5. The van der Waals surface area contributed by atoms with Crippen molar-refractivity contribution < 1.29 is 9.84 Å². The lowest BCUT2D eigenvalue weighted by atomic mass is 10.1. The Bertz CT molecular complexity index is 468. The molecule has 3 heteroatoms. The summed E-state index contributed by atoms with van der Waals surface area (Å²) in [6.45, 7) is 2.40. The van der Waals surface area contributed by atoms with Crippen LogP contribution in [0.5, 0.6) is 11.5 Å². The fourth-order valence-electron chi connectivity index (χ4n) is 1.78. The number of rotatable bonds is 7. The molecule has 2 N–H and O–H groups in total. The maximum Gasteiger partial charge on any atom is 0.119 e. The standard InChI is InChI=1S/C16H19NO2/c18-15-8-6-14(7-9-15)10-11-17-12-13-19-16-4-2-1-3-5-16/h1-9,17-18H,10-13H2. The summed E-state index contributed by atoms with van der Waals surface area (Å²) in [5, 5.41) is 12.5. The number of phenols is 1. The van der Waals surface area contributed by atoms with Gasteiger partial charge in [0.25, 0.3) is 0 Å². The smallest absolute Gasteiger partial charge is 0.119 e. The Balaban J connectivity index is 1.56. The second-order valence-electron chi connectivity index (χ2n) is 4.33. The van der Waals surface area contributed by atoms with Gasteiger partial charge in [-0.3, -0.25) is 0 Å². The van der Waals surface area contributed by atoms with Gasteiger partial charge in [0.1, 0.15) is 18.1 Å². The third kappa shape index (κ3) is 5.02. The zero-order chi connectivity index (χ0) is 13.3. The maximum absolute atomic E-state index is 9.17. The molecular weight excluding hydrogens is 238 g/mol. The molecule has 0 heterocycles. The van der Waals surface area contributed by atoms with Crippen molar-refractivity contribution >= 4 is 0 Å². The van der Waals surface area contributed by atoms with Gasteiger partial charge in [-0.1, -0.05) is 30.3 Å². The van der Waals surface area contributed by atoms with Crippen LogP contribution in [0, 0.1) is 0 Å². The van der Waals surface area contributed by atoms with Crippen LogP contribution in [0.4, 0.5) is 0 Å². The number of aromatic hydroxyl groups is 1. The van der Waals surface area contributed by atoms with E-state index in [4.69, 9.17) is 4.74 Å². The summed E-state index contributed by atoms with van der Waals surface area (Å²) in [7, 11) is 0. The molecule has 0 unspecified atom stereocenters. The number of hydrogen-bond acceptors (Lipinski definition) is 3. The van der Waals surface area contributed by atoms with Crippen LogP contribution in [0.15, 0.2) is 54.6 Å². The average molecular weight is 257 g/mol. The van der Waals surface area contributed by atoms with E-state index >= 15 is 0 Å². The summed E-state index contributed by atoms with van der Waals surface area (Å²) >= 11 is 0. The van der Waals surface area contributed by atoms with Crippen LogP contribution in [0.3, 0.4) is 0 Å². The molecule has 0 aromatic heterocycles. The largest absolute Gasteiger partial charge is 0.508 e. The molecule has 0 atom stereocenters. The highest BCUT2D eigenvalue weighted by Crippen LogP contribution is 2.09. The lowest BCUT2D eigenvalue weighted by Crippen LogP contribution is -2.23. The molecule has 0 fully saturated rings. The van der Waals surface area contributed by atoms with Crippen LogP contribution >= 0.6 is 0 Å². The maximum atomic E-state index is 9.17. The minimum absolute atomic E-state index is 0.313. The van der Waals surface area contributed by atoms with E-state index in [2.05, 4.69) is 5.32 Å². The van der Waals surface area contributed by atoms with Crippen LogP contribution in [0.2, 0.25) is 0 Å². The highest BCUT2D eigenvalue weighted by molar-refractivity contribution is 5.26. The SMILES string of the molecule is Oc1ccc(CCNCCOc2ccccc2)cc1. The highest BCUT2D eigenvalue weighted by Gasteiger charge is 1.94. The summed E-state index contributed by atoms with van der Waals surface area (Å²) in [5.41, 5.74) is 1.22. The van der Waals surface area contributed by atoms with Crippen molar-refractivity contribution in [1.82, 2.24) is 5.32 Å². The lowest BCUT2D eigenvalue weighted by molar-refractivity contribution is 0.314. The fourth-order valence-corrected chi connectivity index (χ4v) is 1.78. The molecule has 0 bridgehead atoms. The van der Waals surface area contributed by atoms with E-state index in [1.54, 1.807) is 12.1 Å². The molecular formula is C16H19NO2. The van der Waals surface area contributed by atoms with E-state index in [9.17, 15) is 5.11 Å². The zero-order valence-electron chi connectivity index (χ0n) is 10.9. The molecule has 0 aliphatic carbocycles. The first-order valence-electron chi connectivity index (χ1n) is 6.51.